The lowest BCUT2D eigenvalue weighted by Crippen LogP contribution is -2.51. The highest BCUT2D eigenvalue weighted by Crippen LogP contribution is 2.32. The minimum Gasteiger partial charge on any atom is -0.350 e. The van der Waals surface area contributed by atoms with Crippen LogP contribution < -0.4 is 16.4 Å². The topological polar surface area (TPSA) is 84.2 Å². The van der Waals surface area contributed by atoms with Crippen LogP contribution in [0.4, 0.5) is 0 Å². The summed E-state index contributed by atoms with van der Waals surface area (Å²) in [5.74, 6) is 0.177. The van der Waals surface area contributed by atoms with Crippen LogP contribution in [-0.2, 0) is 9.59 Å². The van der Waals surface area contributed by atoms with Crippen molar-refractivity contribution in [1.82, 2.24) is 10.6 Å². The summed E-state index contributed by atoms with van der Waals surface area (Å²) in [6.45, 7) is 7.40. The van der Waals surface area contributed by atoms with Crippen molar-refractivity contribution in [1.29, 1.82) is 0 Å². The van der Waals surface area contributed by atoms with Gasteiger partial charge in [0.1, 0.15) is 6.04 Å². The molecule has 1 fully saturated rings. The molecule has 1 saturated carbocycles. The fourth-order valence-corrected chi connectivity index (χ4v) is 1.75. The second-order valence-corrected chi connectivity index (χ2v) is 6.23. The van der Waals surface area contributed by atoms with Gasteiger partial charge < -0.3 is 16.4 Å². The summed E-state index contributed by atoms with van der Waals surface area (Å²) in [6, 6.07) is -0.592. The normalized spacial score (nSPS) is 18.9. The minimum atomic E-state index is -0.525. The molecule has 2 atom stereocenters. The van der Waals surface area contributed by atoms with Gasteiger partial charge in [0.2, 0.25) is 11.8 Å². The number of amides is 2. The maximum Gasteiger partial charge on any atom is 0.242 e. The molecule has 0 bridgehead atoms. The molecule has 0 aliphatic heterocycles. The largest absolute Gasteiger partial charge is 0.350 e. The van der Waals surface area contributed by atoms with Gasteiger partial charge in [0.25, 0.3) is 0 Å². The maximum absolute atomic E-state index is 11.8. The molecule has 0 aromatic rings. The molecule has 104 valence electrons. The van der Waals surface area contributed by atoms with E-state index >= 15 is 0 Å². The highest BCUT2D eigenvalue weighted by Gasteiger charge is 2.30. The highest BCUT2D eigenvalue weighted by atomic mass is 16.2. The molecule has 1 aliphatic rings. The second-order valence-electron chi connectivity index (χ2n) is 6.23. The average molecular weight is 255 g/mol. The van der Waals surface area contributed by atoms with E-state index in [1.54, 1.807) is 6.92 Å². The van der Waals surface area contributed by atoms with Crippen molar-refractivity contribution in [3.05, 3.63) is 0 Å². The molecule has 0 aromatic heterocycles. The Kier molecular flexibility index (Phi) is 4.73. The monoisotopic (exact) mass is 255 g/mol. The summed E-state index contributed by atoms with van der Waals surface area (Å²) in [5.41, 5.74) is 5.58. The average Bonchev–Trinajstić information content (AvgIpc) is 2.96. The number of nitrogens with two attached hydrogens (primary N) is 1. The van der Waals surface area contributed by atoms with Crippen molar-refractivity contribution in [3.63, 3.8) is 0 Å². The molecule has 0 saturated heterocycles. The molecule has 5 heteroatoms. The number of carbonyl (C=O) groups is 2. The first kappa shape index (κ1) is 15.0. The Hall–Kier alpha value is -1.10. The predicted octanol–water partition coefficient (Wildman–Crippen LogP) is 0.533. The third-order valence-electron chi connectivity index (χ3n) is 2.92. The van der Waals surface area contributed by atoms with Crippen LogP contribution in [0.5, 0.6) is 0 Å². The van der Waals surface area contributed by atoms with Crippen molar-refractivity contribution in [2.45, 2.75) is 64.6 Å². The quantitative estimate of drug-likeness (QED) is 0.670. The van der Waals surface area contributed by atoms with E-state index in [1.165, 1.54) is 0 Å². The van der Waals surface area contributed by atoms with Crippen molar-refractivity contribution in [2.75, 3.05) is 0 Å². The van der Waals surface area contributed by atoms with Crippen molar-refractivity contribution >= 4 is 11.8 Å². The summed E-state index contributed by atoms with van der Waals surface area (Å²) in [5, 5.41) is 5.51. The number of nitrogens with one attached hydrogen (secondary N) is 2. The Labute approximate surface area is 109 Å². The van der Waals surface area contributed by atoms with Gasteiger partial charge in [-0.05, 0) is 46.5 Å². The van der Waals surface area contributed by atoms with E-state index in [0.717, 1.165) is 12.8 Å². The van der Waals surface area contributed by atoms with E-state index in [9.17, 15) is 9.59 Å². The fraction of sp³-hybridized carbons (Fsp3) is 0.846. The molecule has 0 heterocycles. The summed E-state index contributed by atoms with van der Waals surface area (Å²) in [7, 11) is 0. The molecule has 5 nitrogen and oxygen atoms in total. The smallest absolute Gasteiger partial charge is 0.242 e. The first-order valence-electron chi connectivity index (χ1n) is 6.56. The summed E-state index contributed by atoms with van der Waals surface area (Å²) < 4.78 is 0. The number of hydrogen-bond acceptors (Lipinski definition) is 3. The van der Waals surface area contributed by atoms with E-state index < -0.39 is 6.04 Å². The summed E-state index contributed by atoms with van der Waals surface area (Å²) >= 11 is 0. The lowest BCUT2D eigenvalue weighted by Gasteiger charge is -2.24. The number of rotatable bonds is 5. The lowest BCUT2D eigenvalue weighted by atomic mass is 10.1. The van der Waals surface area contributed by atoms with E-state index in [0.29, 0.717) is 12.3 Å². The van der Waals surface area contributed by atoms with Gasteiger partial charge in [-0.15, -0.1) is 0 Å². The van der Waals surface area contributed by atoms with Crippen LogP contribution in [0.15, 0.2) is 0 Å². The van der Waals surface area contributed by atoms with Gasteiger partial charge in [-0.3, -0.25) is 9.59 Å². The summed E-state index contributed by atoms with van der Waals surface area (Å²) in [6.07, 6.45) is 2.54. The molecule has 18 heavy (non-hydrogen) atoms. The lowest BCUT2D eigenvalue weighted by molar-refractivity contribution is -0.129. The van der Waals surface area contributed by atoms with E-state index in [2.05, 4.69) is 10.6 Å². The van der Waals surface area contributed by atoms with Crippen molar-refractivity contribution in [2.24, 2.45) is 11.7 Å². The van der Waals surface area contributed by atoms with Gasteiger partial charge in [-0.2, -0.15) is 0 Å². The van der Waals surface area contributed by atoms with E-state index in [-0.39, 0.29) is 23.4 Å². The van der Waals surface area contributed by atoms with Gasteiger partial charge in [0.05, 0.1) is 0 Å². The second kappa shape index (κ2) is 5.69. The molecule has 1 rings (SSSR count). The zero-order chi connectivity index (χ0) is 13.9. The standard InChI is InChI=1S/C13H25N3O2/c1-8(12(18)16-13(2,3)4)15-11(17)7-10(14)9-5-6-9/h8-10H,5-7,14H2,1-4H3,(H,15,17)(H,16,18). The third-order valence-corrected chi connectivity index (χ3v) is 2.92. The molecule has 2 amide bonds. The Bertz CT molecular complexity index is 319. The molecule has 2 unspecified atom stereocenters. The van der Waals surface area contributed by atoms with Gasteiger partial charge in [0, 0.05) is 18.0 Å². The Morgan fingerprint density at radius 1 is 1.33 bits per heavy atom. The van der Waals surface area contributed by atoms with E-state index in [4.69, 9.17) is 5.73 Å². The van der Waals surface area contributed by atoms with E-state index in [1.807, 2.05) is 20.8 Å². The molecular weight excluding hydrogens is 230 g/mol. The molecular formula is C13H25N3O2. The first-order valence-corrected chi connectivity index (χ1v) is 6.56. The SMILES string of the molecule is CC(NC(=O)CC(N)C1CC1)C(=O)NC(C)(C)C. The fourth-order valence-electron chi connectivity index (χ4n) is 1.75. The number of hydrogen-bond donors (Lipinski definition) is 3. The van der Waals surface area contributed by atoms with Crippen LogP contribution in [0.25, 0.3) is 0 Å². The third kappa shape index (κ3) is 5.49. The van der Waals surface area contributed by atoms with Crippen LogP contribution >= 0.6 is 0 Å². The van der Waals surface area contributed by atoms with Crippen LogP contribution in [0, 0.1) is 5.92 Å². The summed E-state index contributed by atoms with van der Waals surface area (Å²) in [4.78, 5) is 23.5. The predicted molar refractivity (Wildman–Crippen MR) is 70.8 cm³/mol. The zero-order valence-electron chi connectivity index (χ0n) is 11.7. The van der Waals surface area contributed by atoms with Crippen LogP contribution in [-0.4, -0.2) is 29.4 Å². The maximum atomic E-state index is 11.8. The van der Waals surface area contributed by atoms with Gasteiger partial charge >= 0.3 is 0 Å². The molecule has 4 N–H and O–H groups in total. The first-order chi connectivity index (χ1) is 8.19. The Morgan fingerprint density at radius 3 is 2.33 bits per heavy atom. The minimum absolute atomic E-state index is 0.0668. The van der Waals surface area contributed by atoms with Gasteiger partial charge in [-0.25, -0.2) is 0 Å². The number of carbonyl (C=O) groups excluding carboxylic acids is 2. The van der Waals surface area contributed by atoms with Crippen molar-refractivity contribution in [3.8, 4) is 0 Å². The van der Waals surface area contributed by atoms with Crippen LogP contribution in [0.3, 0.4) is 0 Å². The van der Waals surface area contributed by atoms with Crippen LogP contribution in [0.2, 0.25) is 0 Å². The van der Waals surface area contributed by atoms with Gasteiger partial charge in [-0.1, -0.05) is 0 Å². The van der Waals surface area contributed by atoms with Gasteiger partial charge in [0.15, 0.2) is 0 Å². The molecule has 0 radical (unpaired) electrons. The zero-order valence-corrected chi connectivity index (χ0v) is 11.7. The molecule has 0 aromatic carbocycles. The Balaban J connectivity index is 2.31. The highest BCUT2D eigenvalue weighted by molar-refractivity contribution is 5.87. The Morgan fingerprint density at radius 2 is 1.89 bits per heavy atom. The molecule has 0 spiro atoms. The van der Waals surface area contributed by atoms with Crippen molar-refractivity contribution < 1.29 is 9.59 Å². The van der Waals surface area contributed by atoms with Crippen LogP contribution in [0.1, 0.15) is 47.0 Å². The molecule has 1 aliphatic carbocycles.